The van der Waals surface area contributed by atoms with Crippen molar-refractivity contribution in [1.29, 1.82) is 0 Å². The number of halogens is 4. The molecule has 1 atom stereocenters. The number of carbonyl (C=O) groups is 2. The molecule has 2 heterocycles. The topological polar surface area (TPSA) is 75.2 Å². The van der Waals surface area contributed by atoms with E-state index in [0.29, 0.717) is 11.1 Å². The molecule has 31 heavy (non-hydrogen) atoms. The molecule has 1 aromatic heterocycles. The van der Waals surface area contributed by atoms with Crippen molar-refractivity contribution in [3.63, 3.8) is 0 Å². The van der Waals surface area contributed by atoms with Gasteiger partial charge in [-0.2, -0.15) is 10.2 Å². The molecule has 2 amide bonds. The minimum absolute atomic E-state index is 0.0624. The van der Waals surface area contributed by atoms with Gasteiger partial charge in [0.05, 0.1) is 29.0 Å². The number of rotatable bonds is 3. The van der Waals surface area contributed by atoms with Crippen LogP contribution in [0.3, 0.4) is 0 Å². The maximum atomic E-state index is 15.0. The summed E-state index contributed by atoms with van der Waals surface area (Å²) in [5, 5.41) is 10.1. The minimum Gasteiger partial charge on any atom is -0.324 e. The van der Waals surface area contributed by atoms with Crippen LogP contribution in [0.5, 0.6) is 0 Å². The Balaban J connectivity index is 1.75. The molecule has 3 aromatic rings. The smallest absolute Gasteiger partial charge is 0.244 e. The van der Waals surface area contributed by atoms with Crippen LogP contribution in [0, 0.1) is 11.6 Å². The molecule has 0 aliphatic carbocycles. The van der Waals surface area contributed by atoms with E-state index < -0.39 is 35.9 Å². The highest BCUT2D eigenvalue weighted by atomic mass is 35.5. The van der Waals surface area contributed by atoms with Crippen LogP contribution < -0.4 is 10.2 Å². The molecule has 1 N–H and O–H groups in total. The van der Waals surface area contributed by atoms with Crippen LogP contribution in [0.2, 0.25) is 10.0 Å². The highest BCUT2D eigenvalue weighted by Gasteiger charge is 2.34. The van der Waals surface area contributed by atoms with Gasteiger partial charge in [-0.1, -0.05) is 23.2 Å². The van der Waals surface area contributed by atoms with Crippen LogP contribution in [-0.2, 0) is 9.59 Å². The Bertz CT molecular complexity index is 1220. The molecule has 0 fully saturated rings. The third kappa shape index (κ3) is 3.96. The van der Waals surface area contributed by atoms with Crippen molar-refractivity contribution in [3.8, 4) is 11.1 Å². The molecular weight excluding hydrogens is 449 g/mol. The van der Waals surface area contributed by atoms with Crippen molar-refractivity contribution >= 4 is 46.4 Å². The number of benzene rings is 2. The van der Waals surface area contributed by atoms with E-state index in [-0.39, 0.29) is 27.0 Å². The van der Waals surface area contributed by atoms with E-state index in [1.807, 2.05) is 0 Å². The summed E-state index contributed by atoms with van der Waals surface area (Å²) in [7, 11) is 0. The van der Waals surface area contributed by atoms with Crippen LogP contribution in [0.4, 0.5) is 20.2 Å². The average molecular weight is 463 g/mol. The van der Waals surface area contributed by atoms with Gasteiger partial charge >= 0.3 is 0 Å². The first-order valence-corrected chi connectivity index (χ1v) is 9.88. The summed E-state index contributed by atoms with van der Waals surface area (Å²) in [6, 6.07) is 6.32. The summed E-state index contributed by atoms with van der Waals surface area (Å²) in [6.07, 6.45) is 2.77. The van der Waals surface area contributed by atoms with Gasteiger partial charge in [0, 0.05) is 21.8 Å². The SMILES string of the molecule is C[C@@H]1C(=O)N(CC(=O)Nc2ccc(Cl)c(F)c2)c2cc(Cl)cc(F)c2-c2cnncc21. The maximum Gasteiger partial charge on any atom is 0.244 e. The van der Waals surface area contributed by atoms with Crippen LogP contribution >= 0.6 is 23.2 Å². The van der Waals surface area contributed by atoms with Crippen LogP contribution in [0.25, 0.3) is 11.1 Å². The Morgan fingerprint density at radius 1 is 1.13 bits per heavy atom. The van der Waals surface area contributed by atoms with Crippen molar-refractivity contribution in [3.05, 3.63) is 70.0 Å². The lowest BCUT2D eigenvalue weighted by molar-refractivity contribution is -0.122. The standard InChI is InChI=1S/C21H14Cl2F2N4O2/c1-10-13-7-26-27-8-14(13)20-17(25)4-11(22)5-18(20)29(21(10)31)9-19(30)28-12-2-3-15(23)16(24)6-12/h2-8,10H,9H2,1H3,(H,28,30)/t10-/m0/s1. The van der Waals surface area contributed by atoms with Crippen LogP contribution in [0.1, 0.15) is 18.4 Å². The molecule has 0 saturated heterocycles. The molecule has 0 bridgehead atoms. The summed E-state index contributed by atoms with van der Waals surface area (Å²) in [5.74, 6) is -3.16. The van der Waals surface area contributed by atoms with Gasteiger partial charge in [0.2, 0.25) is 11.8 Å². The first kappa shape index (κ1) is 21.1. The van der Waals surface area contributed by atoms with Gasteiger partial charge in [-0.05, 0) is 42.8 Å². The number of nitrogens with zero attached hydrogens (tertiary/aromatic N) is 3. The monoisotopic (exact) mass is 462 g/mol. The van der Waals surface area contributed by atoms with Crippen LogP contribution in [-0.4, -0.2) is 28.6 Å². The second-order valence-corrected chi connectivity index (χ2v) is 7.81. The molecule has 2 aromatic carbocycles. The first-order valence-electron chi connectivity index (χ1n) is 9.12. The van der Waals surface area contributed by atoms with Crippen LogP contribution in [0.15, 0.2) is 42.7 Å². The molecular formula is C21H14Cl2F2N4O2. The van der Waals surface area contributed by atoms with Crippen molar-refractivity contribution in [2.75, 3.05) is 16.8 Å². The first-order chi connectivity index (χ1) is 14.8. The molecule has 1 aliphatic rings. The van der Waals surface area contributed by atoms with Gasteiger partial charge in [-0.25, -0.2) is 8.78 Å². The third-order valence-electron chi connectivity index (χ3n) is 4.96. The highest BCUT2D eigenvalue weighted by Crippen LogP contribution is 2.43. The van der Waals surface area contributed by atoms with Gasteiger partial charge in [0.25, 0.3) is 0 Å². The Kier molecular flexibility index (Phi) is 5.60. The van der Waals surface area contributed by atoms with Gasteiger partial charge in [0.1, 0.15) is 18.2 Å². The molecule has 0 saturated carbocycles. The third-order valence-corrected chi connectivity index (χ3v) is 5.49. The molecule has 10 heteroatoms. The Hall–Kier alpha value is -3.10. The predicted molar refractivity (Wildman–Crippen MR) is 113 cm³/mol. The van der Waals surface area contributed by atoms with Gasteiger partial charge < -0.3 is 10.2 Å². The molecule has 6 nitrogen and oxygen atoms in total. The molecule has 0 unspecified atom stereocenters. The number of hydrogen-bond acceptors (Lipinski definition) is 4. The Labute approximate surface area is 185 Å². The number of hydrogen-bond donors (Lipinski definition) is 1. The van der Waals surface area contributed by atoms with E-state index >= 15 is 0 Å². The van der Waals surface area contributed by atoms with Crippen molar-refractivity contribution in [2.24, 2.45) is 0 Å². The molecule has 0 radical (unpaired) electrons. The fourth-order valence-electron chi connectivity index (χ4n) is 3.49. The summed E-state index contributed by atoms with van der Waals surface area (Å²) >= 11 is 11.7. The quantitative estimate of drug-likeness (QED) is 0.605. The second kappa shape index (κ2) is 8.20. The largest absolute Gasteiger partial charge is 0.324 e. The van der Waals surface area contributed by atoms with E-state index in [9.17, 15) is 18.4 Å². The van der Waals surface area contributed by atoms with Crippen molar-refractivity contribution in [1.82, 2.24) is 10.2 Å². The number of aromatic nitrogens is 2. The van der Waals surface area contributed by atoms with E-state index in [4.69, 9.17) is 23.2 Å². The number of fused-ring (bicyclic) bond motifs is 3. The molecule has 0 spiro atoms. The fourth-order valence-corrected chi connectivity index (χ4v) is 3.81. The normalized spacial score (nSPS) is 15.2. The average Bonchev–Trinajstić information content (AvgIpc) is 2.80. The molecule has 4 rings (SSSR count). The van der Waals surface area contributed by atoms with E-state index in [1.54, 1.807) is 6.92 Å². The van der Waals surface area contributed by atoms with E-state index in [2.05, 4.69) is 15.5 Å². The van der Waals surface area contributed by atoms with Gasteiger partial charge in [-0.15, -0.1) is 0 Å². The lowest BCUT2D eigenvalue weighted by Gasteiger charge is -2.24. The highest BCUT2D eigenvalue weighted by molar-refractivity contribution is 6.31. The zero-order valence-corrected chi connectivity index (χ0v) is 17.5. The lowest BCUT2D eigenvalue weighted by atomic mass is 9.95. The number of anilines is 2. The molecule has 1 aliphatic heterocycles. The van der Waals surface area contributed by atoms with Crippen molar-refractivity contribution < 1.29 is 18.4 Å². The Morgan fingerprint density at radius 3 is 2.61 bits per heavy atom. The molecule has 158 valence electrons. The van der Waals surface area contributed by atoms with E-state index in [0.717, 1.165) is 17.0 Å². The lowest BCUT2D eigenvalue weighted by Crippen LogP contribution is -2.40. The maximum absolute atomic E-state index is 15.0. The zero-order valence-electron chi connectivity index (χ0n) is 16.0. The van der Waals surface area contributed by atoms with Gasteiger partial charge in [-0.3, -0.25) is 9.59 Å². The van der Waals surface area contributed by atoms with E-state index in [1.165, 1.54) is 30.6 Å². The number of carbonyl (C=O) groups excluding carboxylic acids is 2. The summed E-state index contributed by atoms with van der Waals surface area (Å²) in [5.41, 5.74) is 1.26. The minimum atomic E-state index is -0.725. The zero-order chi connectivity index (χ0) is 22.3. The fraction of sp³-hybridized carbons (Fsp3) is 0.143. The number of nitrogens with one attached hydrogen (secondary N) is 1. The predicted octanol–water partition coefficient (Wildman–Crippen LogP) is 4.82. The summed E-state index contributed by atoms with van der Waals surface area (Å²) in [6.45, 7) is 1.18. The summed E-state index contributed by atoms with van der Waals surface area (Å²) < 4.78 is 28.6. The number of amides is 2. The Morgan fingerprint density at radius 2 is 1.87 bits per heavy atom. The second-order valence-electron chi connectivity index (χ2n) is 6.96. The summed E-state index contributed by atoms with van der Waals surface area (Å²) in [4.78, 5) is 27.1. The van der Waals surface area contributed by atoms with Gasteiger partial charge in [0.15, 0.2) is 0 Å². The van der Waals surface area contributed by atoms with Crippen molar-refractivity contribution in [2.45, 2.75) is 12.8 Å².